The molecule has 1 amide bonds. The Morgan fingerprint density at radius 3 is 3.00 bits per heavy atom. The number of aromatic nitrogens is 1. The molecule has 0 atom stereocenters. The van der Waals surface area contributed by atoms with Crippen LogP contribution in [0.25, 0.3) is 16.3 Å². The predicted octanol–water partition coefficient (Wildman–Crippen LogP) is 1.09. The van der Waals surface area contributed by atoms with Crippen LogP contribution in [0, 0.1) is 0 Å². The first-order valence-electron chi connectivity index (χ1n) is 4.25. The fourth-order valence-corrected chi connectivity index (χ4v) is 2.03. The van der Waals surface area contributed by atoms with Gasteiger partial charge in [-0.15, -0.1) is 0 Å². The van der Waals surface area contributed by atoms with E-state index in [4.69, 9.17) is 5.73 Å². The number of amides is 1. The van der Waals surface area contributed by atoms with Crippen molar-refractivity contribution in [2.24, 2.45) is 5.73 Å². The molecule has 0 aliphatic heterocycles. The zero-order chi connectivity index (χ0) is 10.8. The highest BCUT2D eigenvalue weighted by atomic mass is 32.1. The topological polar surface area (TPSA) is 76.0 Å². The normalized spacial score (nSPS) is 11.2. The van der Waals surface area contributed by atoms with E-state index in [0.717, 1.165) is 27.1 Å². The number of thiazole rings is 1. The highest BCUT2D eigenvalue weighted by Crippen LogP contribution is 2.16. The molecule has 0 fully saturated rings. The van der Waals surface area contributed by atoms with Crippen molar-refractivity contribution in [3.63, 3.8) is 0 Å². The van der Waals surface area contributed by atoms with Gasteiger partial charge < -0.3 is 10.7 Å². The third kappa shape index (κ3) is 2.13. The number of carbonyl (C=O) groups is 1. The molecule has 0 saturated heterocycles. The number of rotatable bonds is 2. The van der Waals surface area contributed by atoms with E-state index in [1.165, 1.54) is 6.08 Å². The Morgan fingerprint density at radius 2 is 2.27 bits per heavy atom. The van der Waals surface area contributed by atoms with Gasteiger partial charge in [-0.25, -0.2) is 0 Å². The summed E-state index contributed by atoms with van der Waals surface area (Å²) in [4.78, 5) is 24.2. The molecule has 2 rings (SSSR count). The van der Waals surface area contributed by atoms with Gasteiger partial charge in [-0.2, -0.15) is 0 Å². The van der Waals surface area contributed by atoms with Crippen molar-refractivity contribution in [3.8, 4) is 0 Å². The van der Waals surface area contributed by atoms with Crippen molar-refractivity contribution in [1.82, 2.24) is 4.98 Å². The minimum absolute atomic E-state index is 0.0824. The van der Waals surface area contributed by atoms with Crippen molar-refractivity contribution >= 4 is 33.5 Å². The molecule has 1 aromatic heterocycles. The van der Waals surface area contributed by atoms with E-state index in [9.17, 15) is 9.59 Å². The first-order chi connectivity index (χ1) is 7.15. The summed E-state index contributed by atoms with van der Waals surface area (Å²) < 4.78 is 0.867. The van der Waals surface area contributed by atoms with E-state index in [0.29, 0.717) is 0 Å². The molecule has 2 aromatic rings. The van der Waals surface area contributed by atoms with Gasteiger partial charge in [0.2, 0.25) is 5.91 Å². The smallest absolute Gasteiger partial charge is 0.305 e. The molecule has 0 radical (unpaired) electrons. The molecule has 0 spiro atoms. The van der Waals surface area contributed by atoms with Gasteiger partial charge in [-0.3, -0.25) is 9.59 Å². The van der Waals surface area contributed by atoms with Crippen molar-refractivity contribution in [1.29, 1.82) is 0 Å². The highest BCUT2D eigenvalue weighted by molar-refractivity contribution is 7.16. The van der Waals surface area contributed by atoms with Crippen LogP contribution in [0.4, 0.5) is 0 Å². The Morgan fingerprint density at radius 1 is 1.47 bits per heavy atom. The second-order valence-corrected chi connectivity index (χ2v) is 4.02. The minimum atomic E-state index is -0.489. The lowest BCUT2D eigenvalue weighted by molar-refractivity contribution is -0.113. The van der Waals surface area contributed by atoms with Crippen molar-refractivity contribution in [2.45, 2.75) is 0 Å². The number of nitrogens with two attached hydrogens (primary N) is 1. The van der Waals surface area contributed by atoms with E-state index >= 15 is 0 Å². The molecular weight excluding hydrogens is 212 g/mol. The second-order valence-electron chi connectivity index (χ2n) is 3.01. The lowest BCUT2D eigenvalue weighted by atomic mass is 10.2. The Hall–Kier alpha value is -1.88. The van der Waals surface area contributed by atoms with E-state index in [2.05, 4.69) is 4.98 Å². The van der Waals surface area contributed by atoms with Crippen LogP contribution in [0.15, 0.2) is 29.1 Å². The van der Waals surface area contributed by atoms with Crippen LogP contribution in [0.2, 0.25) is 0 Å². The summed E-state index contributed by atoms with van der Waals surface area (Å²) in [7, 11) is 0. The van der Waals surface area contributed by atoms with Crippen LogP contribution >= 0.6 is 11.3 Å². The van der Waals surface area contributed by atoms with Gasteiger partial charge in [-0.1, -0.05) is 17.4 Å². The van der Waals surface area contributed by atoms with Gasteiger partial charge in [0.25, 0.3) is 0 Å². The van der Waals surface area contributed by atoms with E-state index in [-0.39, 0.29) is 4.87 Å². The maximum Gasteiger partial charge on any atom is 0.305 e. The van der Waals surface area contributed by atoms with Crippen LogP contribution in [0.1, 0.15) is 5.56 Å². The monoisotopic (exact) mass is 220 g/mol. The molecule has 3 N–H and O–H groups in total. The Bertz CT molecular complexity index is 595. The maximum absolute atomic E-state index is 11.0. The van der Waals surface area contributed by atoms with Gasteiger partial charge in [0, 0.05) is 6.08 Å². The van der Waals surface area contributed by atoms with Gasteiger partial charge in [0.1, 0.15) is 0 Å². The zero-order valence-corrected chi connectivity index (χ0v) is 8.51. The van der Waals surface area contributed by atoms with Crippen molar-refractivity contribution in [3.05, 3.63) is 39.5 Å². The van der Waals surface area contributed by atoms with Crippen LogP contribution < -0.4 is 10.6 Å². The number of hydrogen-bond acceptors (Lipinski definition) is 3. The van der Waals surface area contributed by atoms with Crippen LogP contribution in [0.5, 0.6) is 0 Å². The number of benzene rings is 1. The fraction of sp³-hybridized carbons (Fsp3) is 0. The molecule has 0 saturated carbocycles. The van der Waals surface area contributed by atoms with E-state index in [1.54, 1.807) is 12.1 Å². The van der Waals surface area contributed by atoms with Gasteiger partial charge >= 0.3 is 4.87 Å². The van der Waals surface area contributed by atoms with Crippen LogP contribution in [0.3, 0.4) is 0 Å². The molecule has 4 nitrogen and oxygen atoms in total. The highest BCUT2D eigenvalue weighted by Gasteiger charge is 1.98. The largest absolute Gasteiger partial charge is 0.366 e. The summed E-state index contributed by atoms with van der Waals surface area (Å²) in [5, 5.41) is 0. The lowest BCUT2D eigenvalue weighted by Crippen LogP contribution is -2.04. The van der Waals surface area contributed by atoms with E-state index < -0.39 is 5.91 Å². The van der Waals surface area contributed by atoms with Crippen molar-refractivity contribution in [2.75, 3.05) is 0 Å². The van der Waals surface area contributed by atoms with Crippen LogP contribution in [-0.2, 0) is 4.79 Å². The first kappa shape index (κ1) is 9.67. The lowest BCUT2D eigenvalue weighted by Gasteiger charge is -1.92. The standard InChI is InChI=1S/C10H8N2O2S/c11-9(13)4-2-6-1-3-7-8(5-6)15-10(14)12-7/h1-5H,(H2,11,13)(H,12,14). The Kier molecular flexibility index (Phi) is 2.39. The molecule has 76 valence electrons. The fourth-order valence-electron chi connectivity index (χ4n) is 1.24. The number of carbonyl (C=O) groups excluding carboxylic acids is 1. The first-order valence-corrected chi connectivity index (χ1v) is 5.07. The van der Waals surface area contributed by atoms with Gasteiger partial charge in [0.15, 0.2) is 0 Å². The molecule has 1 heterocycles. The second kappa shape index (κ2) is 3.70. The number of fused-ring (bicyclic) bond motifs is 1. The summed E-state index contributed by atoms with van der Waals surface area (Å²) in [6.07, 6.45) is 2.91. The van der Waals surface area contributed by atoms with Crippen LogP contribution in [-0.4, -0.2) is 10.9 Å². The molecule has 0 bridgehead atoms. The number of H-pyrrole nitrogens is 1. The summed E-state index contributed by atoms with van der Waals surface area (Å²) in [6, 6.07) is 5.44. The molecule has 0 aliphatic rings. The van der Waals surface area contributed by atoms with Gasteiger partial charge in [0.05, 0.1) is 10.2 Å². The average molecular weight is 220 g/mol. The predicted molar refractivity (Wildman–Crippen MR) is 60.7 cm³/mol. The summed E-state index contributed by atoms with van der Waals surface area (Å²) in [5.41, 5.74) is 6.63. The third-order valence-corrected chi connectivity index (χ3v) is 2.73. The van der Waals surface area contributed by atoms with Gasteiger partial charge in [-0.05, 0) is 23.8 Å². The summed E-state index contributed by atoms with van der Waals surface area (Å²) >= 11 is 1.14. The SMILES string of the molecule is NC(=O)C=Cc1ccc2[nH]c(=O)sc2c1. The Labute approximate surface area is 89.0 Å². The Balaban J connectivity index is 2.46. The molecule has 0 unspecified atom stereocenters. The average Bonchev–Trinajstić information content (AvgIpc) is 2.53. The number of aromatic amines is 1. The minimum Gasteiger partial charge on any atom is -0.366 e. The van der Waals surface area contributed by atoms with E-state index in [1.807, 2.05) is 12.1 Å². The molecule has 0 aliphatic carbocycles. The van der Waals surface area contributed by atoms with Crippen molar-refractivity contribution < 1.29 is 4.79 Å². The third-order valence-electron chi connectivity index (χ3n) is 1.89. The number of primary amides is 1. The summed E-state index contributed by atoms with van der Waals surface area (Å²) in [5.74, 6) is -0.489. The quantitative estimate of drug-likeness (QED) is 0.743. The molecule has 5 heteroatoms. The molecular formula is C10H8N2O2S. The molecule has 1 aromatic carbocycles. The number of nitrogens with one attached hydrogen (secondary N) is 1. The summed E-state index contributed by atoms with van der Waals surface area (Å²) in [6.45, 7) is 0. The number of hydrogen-bond donors (Lipinski definition) is 2. The zero-order valence-electron chi connectivity index (χ0n) is 7.69. The molecule has 15 heavy (non-hydrogen) atoms. The maximum atomic E-state index is 11.0.